The van der Waals surface area contributed by atoms with Gasteiger partial charge in [-0.2, -0.15) is 0 Å². The van der Waals surface area contributed by atoms with E-state index < -0.39 is 0 Å². The number of anilines is 1. The van der Waals surface area contributed by atoms with Gasteiger partial charge < -0.3 is 0 Å². The van der Waals surface area contributed by atoms with Crippen molar-refractivity contribution >= 4 is 45.6 Å². The molecule has 0 aliphatic heterocycles. The van der Waals surface area contributed by atoms with E-state index in [1.165, 1.54) is 29.2 Å². The number of benzene rings is 1. The average molecular weight is 368 g/mol. The summed E-state index contributed by atoms with van der Waals surface area (Å²) in [5.74, 6) is -0.337. The van der Waals surface area contributed by atoms with Crippen LogP contribution in [0.5, 0.6) is 0 Å². The lowest BCUT2D eigenvalue weighted by Crippen LogP contribution is -2.07. The van der Waals surface area contributed by atoms with Crippen LogP contribution in [-0.2, 0) is 4.79 Å². The van der Waals surface area contributed by atoms with Crippen LogP contribution in [0, 0.1) is 6.92 Å². The van der Waals surface area contributed by atoms with Crippen molar-refractivity contribution in [2.24, 2.45) is 0 Å². The first-order valence-corrected chi connectivity index (χ1v) is 9.29. The molecule has 0 aliphatic carbocycles. The average Bonchev–Trinajstić information content (AvgIpc) is 3.20. The Kier molecular flexibility index (Phi) is 5.21. The normalized spacial score (nSPS) is 11.0. The van der Waals surface area contributed by atoms with Crippen LogP contribution >= 0.6 is 22.7 Å². The second-order valence-electron chi connectivity index (χ2n) is 5.39. The number of nitrogens with zero attached hydrogens (tertiary/aromatic N) is 1. The Morgan fingerprint density at radius 1 is 1.08 bits per heavy atom. The summed E-state index contributed by atoms with van der Waals surface area (Å²) in [6, 6.07) is 13.5. The molecular weight excluding hydrogens is 352 g/mol. The molecule has 2 aromatic heterocycles. The highest BCUT2D eigenvalue weighted by molar-refractivity contribution is 7.18. The van der Waals surface area contributed by atoms with Crippen molar-refractivity contribution in [2.75, 3.05) is 5.32 Å². The Hall–Kier alpha value is -2.57. The highest BCUT2D eigenvalue weighted by atomic mass is 32.1. The zero-order chi connectivity index (χ0) is 17.8. The largest absolute Gasteiger partial charge is 0.298 e. The SMILES string of the molecule is CC(=O)c1sc(NC(=O)C=Cc2ccc(C)s2)nc1-c1ccccc1. The third kappa shape index (κ3) is 4.29. The van der Waals surface area contributed by atoms with Gasteiger partial charge in [0.2, 0.25) is 5.91 Å². The molecule has 0 atom stereocenters. The predicted molar refractivity (Wildman–Crippen MR) is 104 cm³/mol. The number of thiazole rings is 1. The minimum Gasteiger partial charge on any atom is -0.298 e. The van der Waals surface area contributed by atoms with Crippen molar-refractivity contribution in [1.29, 1.82) is 0 Å². The number of aromatic nitrogens is 1. The zero-order valence-corrected chi connectivity index (χ0v) is 15.4. The Morgan fingerprint density at radius 2 is 1.84 bits per heavy atom. The van der Waals surface area contributed by atoms with Crippen LogP contribution in [-0.4, -0.2) is 16.7 Å². The molecule has 1 aromatic carbocycles. The summed E-state index contributed by atoms with van der Waals surface area (Å²) in [5, 5.41) is 3.16. The minimum atomic E-state index is -0.269. The van der Waals surface area contributed by atoms with Crippen LogP contribution in [0.2, 0.25) is 0 Å². The Morgan fingerprint density at radius 3 is 2.48 bits per heavy atom. The molecule has 0 radical (unpaired) electrons. The van der Waals surface area contributed by atoms with Gasteiger partial charge in [0.1, 0.15) is 0 Å². The maximum atomic E-state index is 12.1. The predicted octanol–water partition coefficient (Wildman–Crippen LogP) is 5.03. The lowest BCUT2D eigenvalue weighted by Gasteiger charge is -1.98. The van der Waals surface area contributed by atoms with Crippen LogP contribution < -0.4 is 5.32 Å². The molecule has 4 nitrogen and oxygen atoms in total. The number of rotatable bonds is 5. The Balaban J connectivity index is 1.80. The topological polar surface area (TPSA) is 59.1 Å². The number of aryl methyl sites for hydroxylation is 1. The number of carbonyl (C=O) groups excluding carboxylic acids is 2. The van der Waals surface area contributed by atoms with Crippen LogP contribution in [0.3, 0.4) is 0 Å². The van der Waals surface area contributed by atoms with Gasteiger partial charge in [-0.25, -0.2) is 4.98 Å². The summed E-state index contributed by atoms with van der Waals surface area (Å²) in [5.41, 5.74) is 1.46. The molecule has 0 unspecified atom stereocenters. The lowest BCUT2D eigenvalue weighted by atomic mass is 10.1. The number of ketones is 1. The molecule has 1 N–H and O–H groups in total. The van der Waals surface area contributed by atoms with E-state index in [9.17, 15) is 9.59 Å². The number of Topliss-reactive ketones (excluding diaryl/α,β-unsaturated/α-hetero) is 1. The lowest BCUT2D eigenvalue weighted by molar-refractivity contribution is -0.111. The maximum absolute atomic E-state index is 12.1. The number of carbonyl (C=O) groups is 2. The summed E-state index contributed by atoms with van der Waals surface area (Å²) in [7, 11) is 0. The van der Waals surface area contributed by atoms with Gasteiger partial charge in [0.05, 0.1) is 10.6 Å². The van der Waals surface area contributed by atoms with E-state index in [1.54, 1.807) is 17.4 Å². The number of hydrogen-bond acceptors (Lipinski definition) is 5. The summed E-state index contributed by atoms with van der Waals surface area (Å²) in [6.45, 7) is 3.52. The molecule has 0 bridgehead atoms. The fourth-order valence-electron chi connectivity index (χ4n) is 2.25. The summed E-state index contributed by atoms with van der Waals surface area (Å²) in [4.78, 5) is 31.2. The van der Waals surface area contributed by atoms with E-state index in [4.69, 9.17) is 0 Å². The third-order valence-corrected chi connectivity index (χ3v) is 5.42. The molecule has 2 heterocycles. The Labute approximate surface area is 153 Å². The smallest absolute Gasteiger partial charge is 0.250 e. The summed E-state index contributed by atoms with van der Waals surface area (Å²) >= 11 is 2.81. The first-order chi connectivity index (χ1) is 12.0. The molecule has 25 heavy (non-hydrogen) atoms. The monoisotopic (exact) mass is 368 g/mol. The van der Waals surface area contributed by atoms with Crippen molar-refractivity contribution in [3.8, 4) is 11.3 Å². The first-order valence-electron chi connectivity index (χ1n) is 7.65. The van der Waals surface area contributed by atoms with Gasteiger partial charge in [0.25, 0.3) is 0 Å². The molecule has 0 fully saturated rings. The van der Waals surface area contributed by atoms with Crippen molar-refractivity contribution in [3.05, 3.63) is 63.2 Å². The molecule has 0 saturated heterocycles. The highest BCUT2D eigenvalue weighted by Crippen LogP contribution is 2.31. The van der Waals surface area contributed by atoms with Gasteiger partial charge in [0, 0.05) is 28.3 Å². The second kappa shape index (κ2) is 7.55. The molecule has 6 heteroatoms. The van der Waals surface area contributed by atoms with E-state index in [0.717, 1.165) is 10.4 Å². The van der Waals surface area contributed by atoms with Crippen molar-refractivity contribution in [2.45, 2.75) is 13.8 Å². The van der Waals surface area contributed by atoms with Crippen LogP contribution in [0.4, 0.5) is 5.13 Å². The molecule has 0 aliphatic rings. The minimum absolute atomic E-state index is 0.0681. The van der Waals surface area contributed by atoms with E-state index in [0.29, 0.717) is 15.7 Å². The number of thiophene rings is 1. The summed E-state index contributed by atoms with van der Waals surface area (Å²) in [6.07, 6.45) is 3.24. The number of nitrogens with one attached hydrogen (secondary N) is 1. The van der Waals surface area contributed by atoms with E-state index in [-0.39, 0.29) is 11.7 Å². The van der Waals surface area contributed by atoms with Crippen LogP contribution in [0.15, 0.2) is 48.5 Å². The third-order valence-electron chi connectivity index (χ3n) is 3.38. The molecule has 0 saturated carbocycles. The molecule has 1 amide bonds. The van der Waals surface area contributed by atoms with E-state index in [2.05, 4.69) is 10.3 Å². The van der Waals surface area contributed by atoms with Crippen molar-refractivity contribution in [1.82, 2.24) is 4.98 Å². The van der Waals surface area contributed by atoms with Crippen molar-refractivity contribution in [3.63, 3.8) is 0 Å². The van der Waals surface area contributed by atoms with E-state index in [1.807, 2.05) is 49.4 Å². The van der Waals surface area contributed by atoms with Gasteiger partial charge in [-0.3, -0.25) is 14.9 Å². The van der Waals surface area contributed by atoms with Gasteiger partial charge >= 0.3 is 0 Å². The fraction of sp³-hybridized carbons (Fsp3) is 0.105. The molecule has 0 spiro atoms. The van der Waals surface area contributed by atoms with Gasteiger partial charge in [-0.05, 0) is 25.1 Å². The van der Waals surface area contributed by atoms with Crippen LogP contribution in [0.25, 0.3) is 17.3 Å². The zero-order valence-electron chi connectivity index (χ0n) is 13.8. The molecular formula is C19H16N2O2S2. The quantitative estimate of drug-likeness (QED) is 0.507. The standard InChI is InChI=1S/C19H16N2O2S2/c1-12-8-9-15(24-12)10-11-16(23)20-19-21-17(18(25-19)13(2)22)14-6-4-3-5-7-14/h3-11H,1-2H3,(H,20,21,23). The fourth-order valence-corrected chi connectivity index (χ4v) is 3.92. The Bertz CT molecular complexity index is 940. The van der Waals surface area contributed by atoms with Gasteiger partial charge in [0.15, 0.2) is 10.9 Å². The van der Waals surface area contributed by atoms with Gasteiger partial charge in [-0.15, -0.1) is 11.3 Å². The van der Waals surface area contributed by atoms with E-state index >= 15 is 0 Å². The highest BCUT2D eigenvalue weighted by Gasteiger charge is 2.17. The second-order valence-corrected chi connectivity index (χ2v) is 7.71. The number of hydrogen-bond donors (Lipinski definition) is 1. The summed E-state index contributed by atoms with van der Waals surface area (Å²) < 4.78 is 0. The van der Waals surface area contributed by atoms with Crippen LogP contribution in [0.1, 0.15) is 26.3 Å². The molecule has 3 aromatic rings. The number of amides is 1. The molecule has 126 valence electrons. The van der Waals surface area contributed by atoms with Gasteiger partial charge in [-0.1, -0.05) is 41.7 Å². The first kappa shape index (κ1) is 17.3. The molecule has 3 rings (SSSR count). The maximum Gasteiger partial charge on any atom is 0.250 e. The van der Waals surface area contributed by atoms with Crippen molar-refractivity contribution < 1.29 is 9.59 Å².